The number of ketones is 1. The Balaban J connectivity index is 2.71. The zero-order valence-corrected chi connectivity index (χ0v) is 11.7. The van der Waals surface area contributed by atoms with Crippen molar-refractivity contribution in [3.8, 4) is 5.69 Å². The van der Waals surface area contributed by atoms with Crippen molar-refractivity contribution in [2.75, 3.05) is 0 Å². The molecule has 19 heavy (non-hydrogen) atoms. The van der Waals surface area contributed by atoms with Gasteiger partial charge in [0.2, 0.25) is 0 Å². The maximum absolute atomic E-state index is 11.8. The van der Waals surface area contributed by atoms with Gasteiger partial charge in [-0.3, -0.25) is 9.59 Å². The van der Waals surface area contributed by atoms with Gasteiger partial charge in [0.25, 0.3) is 0 Å². The molecule has 0 saturated heterocycles. The molecule has 3 heteroatoms. The van der Waals surface area contributed by atoms with Crippen LogP contribution < -0.4 is 5.43 Å². The fraction of sp³-hybridized carbons (Fsp3) is 0.250. The van der Waals surface area contributed by atoms with Crippen LogP contribution in [0.15, 0.2) is 35.3 Å². The summed E-state index contributed by atoms with van der Waals surface area (Å²) in [4.78, 5) is 23.2. The Hall–Kier alpha value is -2.16. The summed E-state index contributed by atoms with van der Waals surface area (Å²) >= 11 is 0. The van der Waals surface area contributed by atoms with Gasteiger partial charge < -0.3 is 4.57 Å². The molecule has 1 heterocycles. The third-order valence-corrected chi connectivity index (χ3v) is 3.11. The highest BCUT2D eigenvalue weighted by atomic mass is 16.1. The second kappa shape index (κ2) is 4.84. The summed E-state index contributed by atoms with van der Waals surface area (Å²) in [6.45, 7) is 7.33. The molecule has 2 aromatic rings. The summed E-state index contributed by atoms with van der Waals surface area (Å²) in [5, 5.41) is 0. The summed E-state index contributed by atoms with van der Waals surface area (Å²) in [5.74, 6) is -0.205. The van der Waals surface area contributed by atoms with E-state index in [0.717, 1.165) is 22.5 Å². The standard InChI is InChI=1S/C16H17NO2/c1-10-5-11(2)7-14(6-10)17-9-15(13(4)18)16(19)8-12(17)3/h5-9H,1-4H3. The van der Waals surface area contributed by atoms with Gasteiger partial charge in [-0.15, -0.1) is 0 Å². The minimum atomic E-state index is -0.217. The Labute approximate surface area is 112 Å². The first-order valence-electron chi connectivity index (χ1n) is 6.21. The molecule has 0 radical (unpaired) electrons. The number of aromatic nitrogens is 1. The van der Waals surface area contributed by atoms with E-state index >= 15 is 0 Å². The van der Waals surface area contributed by atoms with E-state index in [2.05, 4.69) is 6.07 Å². The van der Waals surface area contributed by atoms with Crippen LogP contribution in [-0.4, -0.2) is 10.4 Å². The van der Waals surface area contributed by atoms with Gasteiger partial charge in [0.05, 0.1) is 5.56 Å². The molecule has 3 nitrogen and oxygen atoms in total. The van der Waals surface area contributed by atoms with Crippen molar-refractivity contribution in [3.63, 3.8) is 0 Å². The van der Waals surface area contributed by atoms with Gasteiger partial charge in [-0.2, -0.15) is 0 Å². The van der Waals surface area contributed by atoms with Crippen LogP contribution >= 0.6 is 0 Å². The van der Waals surface area contributed by atoms with Crippen LogP contribution in [0.4, 0.5) is 0 Å². The first-order valence-corrected chi connectivity index (χ1v) is 6.21. The highest BCUT2D eigenvalue weighted by molar-refractivity contribution is 5.93. The number of aryl methyl sites for hydroxylation is 3. The molecule has 0 atom stereocenters. The van der Waals surface area contributed by atoms with Crippen LogP contribution in [0.2, 0.25) is 0 Å². The molecule has 1 aromatic heterocycles. The number of hydrogen-bond donors (Lipinski definition) is 0. The monoisotopic (exact) mass is 255 g/mol. The number of carbonyl (C=O) groups excluding carboxylic acids is 1. The number of nitrogens with zero attached hydrogens (tertiary/aromatic N) is 1. The number of carbonyl (C=O) groups is 1. The number of hydrogen-bond acceptors (Lipinski definition) is 2. The van der Waals surface area contributed by atoms with Gasteiger partial charge >= 0.3 is 0 Å². The Morgan fingerprint density at radius 1 is 1.00 bits per heavy atom. The Morgan fingerprint density at radius 2 is 1.58 bits per heavy atom. The number of rotatable bonds is 2. The lowest BCUT2D eigenvalue weighted by Crippen LogP contribution is -2.17. The minimum absolute atomic E-state index is 0.205. The molecule has 0 fully saturated rings. The first kappa shape index (κ1) is 13.3. The van der Waals surface area contributed by atoms with Crippen molar-refractivity contribution in [2.24, 2.45) is 0 Å². The summed E-state index contributed by atoms with van der Waals surface area (Å²) in [7, 11) is 0. The summed E-state index contributed by atoms with van der Waals surface area (Å²) < 4.78 is 1.89. The van der Waals surface area contributed by atoms with Crippen LogP contribution in [0, 0.1) is 20.8 Å². The van der Waals surface area contributed by atoms with Crippen molar-refractivity contribution < 1.29 is 4.79 Å². The molecule has 98 valence electrons. The predicted molar refractivity (Wildman–Crippen MR) is 76.3 cm³/mol. The predicted octanol–water partition coefficient (Wildman–Crippen LogP) is 2.97. The van der Waals surface area contributed by atoms with Crippen LogP contribution in [-0.2, 0) is 0 Å². The van der Waals surface area contributed by atoms with Gasteiger partial charge in [0, 0.05) is 23.6 Å². The van der Waals surface area contributed by atoms with E-state index in [0.29, 0.717) is 0 Å². The van der Waals surface area contributed by atoms with Crippen molar-refractivity contribution in [1.29, 1.82) is 0 Å². The van der Waals surface area contributed by atoms with Crippen LogP contribution in [0.25, 0.3) is 5.69 Å². The third kappa shape index (κ3) is 2.65. The molecule has 0 aliphatic rings. The molecule has 0 N–H and O–H groups in total. The SMILES string of the molecule is CC(=O)c1cn(-c2cc(C)cc(C)c2)c(C)cc1=O. The van der Waals surface area contributed by atoms with Crippen molar-refractivity contribution in [3.05, 3.63) is 63.1 Å². The third-order valence-electron chi connectivity index (χ3n) is 3.11. The lowest BCUT2D eigenvalue weighted by atomic mass is 10.1. The molecular weight excluding hydrogens is 238 g/mol. The molecule has 0 spiro atoms. The van der Waals surface area contributed by atoms with Crippen molar-refractivity contribution in [2.45, 2.75) is 27.7 Å². The molecule has 0 amide bonds. The van der Waals surface area contributed by atoms with Crippen LogP contribution in [0.1, 0.15) is 34.1 Å². The average molecular weight is 255 g/mol. The number of benzene rings is 1. The lowest BCUT2D eigenvalue weighted by molar-refractivity contribution is 0.101. The Morgan fingerprint density at radius 3 is 2.11 bits per heavy atom. The molecule has 0 saturated carbocycles. The quantitative estimate of drug-likeness (QED) is 0.774. The molecule has 0 bridgehead atoms. The van der Waals surface area contributed by atoms with Crippen molar-refractivity contribution >= 4 is 5.78 Å². The lowest BCUT2D eigenvalue weighted by Gasteiger charge is -2.13. The van der Waals surface area contributed by atoms with Crippen LogP contribution in [0.3, 0.4) is 0 Å². The van der Waals surface area contributed by atoms with E-state index < -0.39 is 0 Å². The molecule has 0 unspecified atom stereocenters. The molecule has 0 aliphatic carbocycles. The van der Waals surface area contributed by atoms with Crippen molar-refractivity contribution in [1.82, 2.24) is 4.57 Å². The summed E-state index contributed by atoms with van der Waals surface area (Å²) in [6.07, 6.45) is 1.63. The summed E-state index contributed by atoms with van der Waals surface area (Å²) in [6, 6.07) is 7.67. The molecule has 1 aromatic carbocycles. The highest BCUT2D eigenvalue weighted by Gasteiger charge is 2.09. The second-order valence-electron chi connectivity index (χ2n) is 4.96. The highest BCUT2D eigenvalue weighted by Crippen LogP contribution is 2.15. The minimum Gasteiger partial charge on any atom is -0.320 e. The zero-order valence-electron chi connectivity index (χ0n) is 11.7. The van der Waals surface area contributed by atoms with E-state index in [9.17, 15) is 9.59 Å². The van der Waals surface area contributed by atoms with Gasteiger partial charge in [-0.05, 0) is 51.0 Å². The fourth-order valence-electron chi connectivity index (χ4n) is 2.26. The van der Waals surface area contributed by atoms with Gasteiger partial charge in [0.1, 0.15) is 0 Å². The topological polar surface area (TPSA) is 39.1 Å². The average Bonchev–Trinajstić information content (AvgIpc) is 2.26. The molecule has 2 rings (SSSR count). The number of Topliss-reactive ketones (excluding diaryl/α,β-unsaturated/α-hetero) is 1. The van der Waals surface area contributed by atoms with E-state index in [4.69, 9.17) is 0 Å². The van der Waals surface area contributed by atoms with E-state index in [1.807, 2.05) is 37.5 Å². The van der Waals surface area contributed by atoms with Gasteiger partial charge in [-0.25, -0.2) is 0 Å². The van der Waals surface area contributed by atoms with E-state index in [1.54, 1.807) is 6.20 Å². The van der Waals surface area contributed by atoms with E-state index in [-0.39, 0.29) is 16.8 Å². The smallest absolute Gasteiger partial charge is 0.192 e. The number of pyridine rings is 1. The first-order chi connectivity index (χ1) is 8.88. The maximum atomic E-state index is 11.8. The summed E-state index contributed by atoms with van der Waals surface area (Å²) in [5.41, 5.74) is 4.10. The zero-order chi connectivity index (χ0) is 14.2. The second-order valence-corrected chi connectivity index (χ2v) is 4.96. The molecule has 0 aliphatic heterocycles. The van der Waals surface area contributed by atoms with Gasteiger partial charge in [0.15, 0.2) is 11.2 Å². The van der Waals surface area contributed by atoms with Gasteiger partial charge in [-0.1, -0.05) is 6.07 Å². The Kier molecular flexibility index (Phi) is 3.38. The normalized spacial score (nSPS) is 10.5. The van der Waals surface area contributed by atoms with E-state index in [1.165, 1.54) is 13.0 Å². The largest absolute Gasteiger partial charge is 0.320 e. The fourth-order valence-corrected chi connectivity index (χ4v) is 2.26. The van der Waals surface area contributed by atoms with Crippen LogP contribution in [0.5, 0.6) is 0 Å². The maximum Gasteiger partial charge on any atom is 0.192 e. The molecular formula is C16H17NO2. The Bertz CT molecular complexity index is 691.